The fourth-order valence-electron chi connectivity index (χ4n) is 11.3. The van der Waals surface area contributed by atoms with Crippen LogP contribution in [0.25, 0.3) is 10.9 Å². The van der Waals surface area contributed by atoms with Crippen molar-refractivity contribution in [1.29, 1.82) is 5.26 Å². The maximum Gasteiger partial charge on any atom is 0.303 e. The normalized spacial score (nSPS) is 30.9. The van der Waals surface area contributed by atoms with Crippen molar-refractivity contribution >= 4 is 38.6 Å². The first kappa shape index (κ1) is 54.1. The molecule has 2 aromatic carbocycles. The zero-order valence-electron chi connectivity index (χ0n) is 41.8. The molecule has 1 aliphatic heterocycles. The van der Waals surface area contributed by atoms with Gasteiger partial charge in [0.25, 0.3) is 10.0 Å². The van der Waals surface area contributed by atoms with Gasteiger partial charge in [-0.05, 0) is 99.1 Å². The third-order valence-electron chi connectivity index (χ3n) is 15.1. The van der Waals surface area contributed by atoms with E-state index < -0.39 is 76.4 Å². The minimum Gasteiger partial charge on any atom is -0.465 e. The van der Waals surface area contributed by atoms with Crippen molar-refractivity contribution in [2.45, 2.75) is 147 Å². The summed E-state index contributed by atoms with van der Waals surface area (Å²) in [6, 6.07) is 12.4. The number of ether oxygens (including phenoxy) is 6. The van der Waals surface area contributed by atoms with Gasteiger partial charge in [-0.1, -0.05) is 62.1 Å². The lowest BCUT2D eigenvalue weighted by Crippen LogP contribution is -2.62. The van der Waals surface area contributed by atoms with Gasteiger partial charge in [-0.25, -0.2) is 8.42 Å². The van der Waals surface area contributed by atoms with E-state index in [-0.39, 0.29) is 48.2 Å². The first-order valence-corrected chi connectivity index (χ1v) is 26.3. The monoisotopic (exact) mass is 1010 g/mol. The molecule has 17 nitrogen and oxygen atoms in total. The Bertz CT molecular complexity index is 2610. The second-order valence-corrected chi connectivity index (χ2v) is 21.8. The molecule has 1 saturated carbocycles. The number of nitriles is 1. The van der Waals surface area contributed by atoms with Gasteiger partial charge in [0.15, 0.2) is 12.4 Å². The number of hydrogen-bond acceptors (Lipinski definition) is 15. The first-order chi connectivity index (χ1) is 33.8. The van der Waals surface area contributed by atoms with E-state index in [2.05, 4.69) is 21.9 Å². The molecule has 3 aromatic rings. The van der Waals surface area contributed by atoms with Crippen LogP contribution in [0, 0.1) is 47.3 Å². The molecule has 0 bridgehead atoms. The van der Waals surface area contributed by atoms with Crippen molar-refractivity contribution in [3.63, 3.8) is 0 Å². The van der Waals surface area contributed by atoms with Crippen LogP contribution < -0.4 is 4.72 Å². The van der Waals surface area contributed by atoms with Gasteiger partial charge in [-0.3, -0.25) is 14.3 Å². The molecular weight excluding hydrogens is 935 g/mol. The number of H-pyrrole nitrogens is 1. The maximum atomic E-state index is 13.5. The Balaban J connectivity index is 0.991. The highest BCUT2D eigenvalue weighted by atomic mass is 32.2. The van der Waals surface area contributed by atoms with Crippen molar-refractivity contribution in [1.82, 2.24) is 4.98 Å². The number of aromatic nitrogens is 1. The molecule has 388 valence electrons. The Morgan fingerprint density at radius 2 is 1.77 bits per heavy atom. The average molecular weight is 1010 g/mol. The van der Waals surface area contributed by atoms with Crippen LogP contribution in [0.4, 0.5) is 5.69 Å². The van der Waals surface area contributed by atoms with E-state index in [0.29, 0.717) is 53.8 Å². The quantitative estimate of drug-likeness (QED) is 0.0437. The third kappa shape index (κ3) is 11.7. The van der Waals surface area contributed by atoms with E-state index in [1.54, 1.807) is 43.6 Å². The van der Waals surface area contributed by atoms with Crippen LogP contribution in [0.2, 0.25) is 0 Å². The summed E-state index contributed by atoms with van der Waals surface area (Å²) in [6.45, 7) is 10.8. The standard InChI is InChI=1S/C53H71N3O14S/c1-29-16-19-41(46-44(29)36(24-54)25-55-46)56-71(63,64)37-15-12-14-34(21-37)13-10-8-9-11-20-66-28-42-48(61)51(68-33(5)58)49(62)52(69-42)70-50-45-39(30(2)26-67-32(4)57)22-43(59)53(45,6)23-40-35(27-65-7)17-18-38(40)31(3)47(50)60/h12,14-16,19,21,23,25,30-31,35,38,42-43,47-52,55-56,59-62H,8-11,13,17-18,20,22,26-28H2,1-7H3/b40-23-/t30-,31-,35-,38+,42?,43+,47-,48?,49?,50-,51?,52?,53+/m1/s1. The second kappa shape index (κ2) is 23.0. The number of methoxy groups -OCH3 is 1. The smallest absolute Gasteiger partial charge is 0.303 e. The van der Waals surface area contributed by atoms with E-state index in [4.69, 9.17) is 28.4 Å². The van der Waals surface area contributed by atoms with Crippen LogP contribution in [0.1, 0.15) is 96.3 Å². The molecule has 6 N–H and O–H groups in total. The number of aliphatic hydroxyl groups is 4. The molecule has 0 spiro atoms. The SMILES string of the molecule is COC[C@H]1CC[C@@H]2/C1=C\[C@]1(C)C(=C([C@H](C)COC(C)=O)C[C@@H]1O)[C@@H](OC1OC(COCCCCCCc3cccc(S(=O)(=O)Nc4ccc(C)c5c(C#N)c[nH]c45)c3)C(O)C(OC(C)=O)C1O)[C@H](O)[C@@H]2C. The topological polar surface area (TPSA) is 256 Å². The summed E-state index contributed by atoms with van der Waals surface area (Å²) in [5.41, 5.74) is 4.46. The van der Waals surface area contributed by atoms with E-state index in [1.165, 1.54) is 13.8 Å². The van der Waals surface area contributed by atoms with Gasteiger partial charge in [0.05, 0.1) is 53.7 Å². The van der Waals surface area contributed by atoms with Crippen LogP contribution in [-0.2, 0) is 54.5 Å². The number of fused-ring (bicyclic) bond motifs is 3. The Morgan fingerprint density at radius 3 is 2.49 bits per heavy atom. The van der Waals surface area contributed by atoms with Gasteiger partial charge in [0, 0.05) is 56.4 Å². The van der Waals surface area contributed by atoms with Crippen molar-refractivity contribution in [2.24, 2.45) is 29.1 Å². The van der Waals surface area contributed by atoms with Crippen LogP contribution in [0.3, 0.4) is 0 Å². The highest BCUT2D eigenvalue weighted by molar-refractivity contribution is 7.92. The van der Waals surface area contributed by atoms with Crippen molar-refractivity contribution in [2.75, 3.05) is 38.3 Å². The number of aliphatic hydroxyl groups excluding tert-OH is 4. The Hall–Kier alpha value is -4.68. The second-order valence-electron chi connectivity index (χ2n) is 20.1. The van der Waals surface area contributed by atoms with E-state index in [0.717, 1.165) is 54.4 Å². The summed E-state index contributed by atoms with van der Waals surface area (Å²) < 4.78 is 65.2. The van der Waals surface area contributed by atoms with Gasteiger partial charge >= 0.3 is 11.9 Å². The predicted octanol–water partition coefficient (Wildman–Crippen LogP) is 5.91. The van der Waals surface area contributed by atoms with Gasteiger partial charge < -0.3 is 53.8 Å². The number of aromatic amines is 1. The number of hydrogen-bond donors (Lipinski definition) is 6. The summed E-state index contributed by atoms with van der Waals surface area (Å²) in [7, 11) is -2.28. The fourth-order valence-corrected chi connectivity index (χ4v) is 12.4. The summed E-state index contributed by atoms with van der Waals surface area (Å²) in [5, 5.41) is 57.8. The molecule has 18 heteroatoms. The lowest BCUT2D eigenvalue weighted by Gasteiger charge is -2.46. The zero-order valence-corrected chi connectivity index (χ0v) is 42.6. The molecule has 1 aromatic heterocycles. The van der Waals surface area contributed by atoms with Gasteiger partial charge in [0.2, 0.25) is 0 Å². The van der Waals surface area contributed by atoms with Gasteiger partial charge in [-0.15, -0.1) is 0 Å². The Labute approximate surface area is 416 Å². The summed E-state index contributed by atoms with van der Waals surface area (Å²) in [4.78, 5) is 27.4. The Kier molecular flexibility index (Phi) is 17.6. The van der Waals surface area contributed by atoms with E-state index in [1.807, 2.05) is 33.8 Å². The lowest BCUT2D eigenvalue weighted by molar-refractivity contribution is -0.318. The number of sulfonamides is 1. The largest absolute Gasteiger partial charge is 0.465 e. The van der Waals surface area contributed by atoms with Crippen LogP contribution in [0.5, 0.6) is 0 Å². The predicted molar refractivity (Wildman–Crippen MR) is 262 cm³/mol. The highest BCUT2D eigenvalue weighted by Gasteiger charge is 2.56. The molecule has 2 fully saturated rings. The first-order valence-electron chi connectivity index (χ1n) is 24.8. The molecule has 7 rings (SSSR count). The summed E-state index contributed by atoms with van der Waals surface area (Å²) in [5.74, 6) is -1.89. The third-order valence-corrected chi connectivity index (χ3v) is 16.5. The van der Waals surface area contributed by atoms with Crippen LogP contribution in [0.15, 0.2) is 70.3 Å². The molecular formula is C53H71N3O14S. The maximum absolute atomic E-state index is 13.5. The van der Waals surface area contributed by atoms with Gasteiger partial charge in [0.1, 0.15) is 30.5 Å². The van der Waals surface area contributed by atoms with Crippen molar-refractivity contribution < 1.29 is 66.9 Å². The van der Waals surface area contributed by atoms with Crippen molar-refractivity contribution in [3.8, 4) is 6.07 Å². The summed E-state index contributed by atoms with van der Waals surface area (Å²) in [6.07, 6.45) is -1.28. The molecule has 1 saturated heterocycles. The zero-order chi connectivity index (χ0) is 51.4. The minimum atomic E-state index is -3.94. The number of rotatable bonds is 20. The van der Waals surface area contributed by atoms with E-state index >= 15 is 0 Å². The summed E-state index contributed by atoms with van der Waals surface area (Å²) >= 11 is 0. The minimum absolute atomic E-state index is 0.0302. The molecule has 2 heterocycles. The number of nitrogens with one attached hydrogen (secondary N) is 2. The highest BCUT2D eigenvalue weighted by Crippen LogP contribution is 2.56. The number of carbonyl (C=O) groups excluding carboxylic acids is 2. The fraction of sp³-hybridized carbons (Fsp3) is 0.604. The van der Waals surface area contributed by atoms with Crippen LogP contribution in [-0.4, -0.2) is 128 Å². The molecule has 3 aliphatic carbocycles. The number of carbonyl (C=O) groups is 2. The molecule has 13 atom stereocenters. The lowest BCUT2D eigenvalue weighted by atomic mass is 9.68. The van der Waals surface area contributed by atoms with Gasteiger partial charge in [-0.2, -0.15) is 5.26 Å². The molecule has 0 amide bonds. The average Bonchev–Trinajstić information content (AvgIpc) is 4.02. The number of benzene rings is 2. The number of nitrogens with zero attached hydrogens (tertiary/aromatic N) is 1. The number of aryl methyl sites for hydroxylation is 2. The number of unbranched alkanes of at least 4 members (excludes halogenated alkanes) is 3. The number of anilines is 1. The van der Waals surface area contributed by atoms with Crippen LogP contribution >= 0.6 is 0 Å². The van der Waals surface area contributed by atoms with Crippen molar-refractivity contribution in [3.05, 3.63) is 82.1 Å². The molecule has 5 unspecified atom stereocenters. The molecule has 0 radical (unpaired) electrons. The molecule has 71 heavy (non-hydrogen) atoms. The van der Waals surface area contributed by atoms with E-state index in [9.17, 15) is 43.7 Å². The molecule has 4 aliphatic rings. The Morgan fingerprint density at radius 1 is 1.01 bits per heavy atom. The number of esters is 2.